The first-order valence-corrected chi connectivity index (χ1v) is 14.1. The Balaban J connectivity index is 1.38. The van der Waals surface area contributed by atoms with Gasteiger partial charge in [-0.1, -0.05) is 36.4 Å². The van der Waals surface area contributed by atoms with Crippen LogP contribution in [0.5, 0.6) is 0 Å². The van der Waals surface area contributed by atoms with E-state index in [0.717, 1.165) is 22.1 Å². The fourth-order valence-corrected chi connectivity index (χ4v) is 4.84. The minimum Gasteiger partial charge on any atom is -0.466 e. The van der Waals surface area contributed by atoms with Crippen LogP contribution in [0.25, 0.3) is 10.8 Å². The molecular weight excluding hydrogens is 548 g/mol. The van der Waals surface area contributed by atoms with Crippen LogP contribution in [0.4, 0.5) is 16.2 Å². The number of fused-ring (bicyclic) bond motifs is 1. The lowest BCUT2D eigenvalue weighted by Gasteiger charge is -2.20. The number of anilines is 2. The lowest BCUT2D eigenvalue weighted by atomic mass is 10.0. The van der Waals surface area contributed by atoms with Gasteiger partial charge in [-0.3, -0.25) is 19.7 Å². The summed E-state index contributed by atoms with van der Waals surface area (Å²) in [6, 6.07) is 19.2. The zero-order valence-electron chi connectivity index (χ0n) is 24.5. The van der Waals surface area contributed by atoms with Gasteiger partial charge in [0.15, 0.2) is 0 Å². The fraction of sp³-hybridized carbons (Fsp3) is 0.273. The molecule has 0 aliphatic rings. The molecule has 4 rings (SSSR count). The van der Waals surface area contributed by atoms with Gasteiger partial charge in [-0.25, -0.2) is 4.79 Å². The molecule has 0 saturated heterocycles. The molecule has 4 aromatic rings. The number of hydrogen-bond donors (Lipinski definition) is 4. The van der Waals surface area contributed by atoms with Gasteiger partial charge in [0.05, 0.1) is 32.2 Å². The van der Waals surface area contributed by atoms with Crippen LogP contribution < -0.4 is 21.5 Å². The molecule has 0 radical (unpaired) electrons. The molecule has 2 amide bonds. The molecule has 0 aliphatic heterocycles. The Kier molecular flexibility index (Phi) is 10.5. The summed E-state index contributed by atoms with van der Waals surface area (Å²) < 4.78 is 10.5. The molecule has 0 saturated carbocycles. The summed E-state index contributed by atoms with van der Waals surface area (Å²) in [5, 5.41) is 9.90. The van der Waals surface area contributed by atoms with Gasteiger partial charge in [-0.2, -0.15) is 0 Å². The first kappa shape index (κ1) is 30.8. The van der Waals surface area contributed by atoms with E-state index in [4.69, 9.17) is 9.47 Å². The maximum Gasteiger partial charge on any atom is 0.411 e. The molecule has 1 atom stereocenters. The largest absolute Gasteiger partial charge is 0.466 e. The van der Waals surface area contributed by atoms with Crippen molar-refractivity contribution in [2.45, 2.75) is 39.7 Å². The van der Waals surface area contributed by atoms with Gasteiger partial charge >= 0.3 is 12.1 Å². The Bertz CT molecular complexity index is 1640. The predicted octanol–water partition coefficient (Wildman–Crippen LogP) is 5.16. The monoisotopic (exact) mass is 584 g/mol. The van der Waals surface area contributed by atoms with Gasteiger partial charge < -0.3 is 25.1 Å². The summed E-state index contributed by atoms with van der Waals surface area (Å²) in [7, 11) is 0. The molecule has 10 heteroatoms. The second-order valence-electron chi connectivity index (χ2n) is 10.1. The molecule has 1 aromatic heterocycles. The molecule has 0 aliphatic carbocycles. The molecule has 0 unspecified atom stereocenters. The summed E-state index contributed by atoms with van der Waals surface area (Å²) in [6.07, 6.45) is 1.47. The van der Waals surface area contributed by atoms with Crippen LogP contribution >= 0.6 is 0 Å². The summed E-state index contributed by atoms with van der Waals surface area (Å²) in [5.74, 6) is -0.848. The predicted molar refractivity (Wildman–Crippen MR) is 166 cm³/mol. The van der Waals surface area contributed by atoms with Crippen molar-refractivity contribution >= 4 is 40.1 Å². The van der Waals surface area contributed by atoms with Crippen molar-refractivity contribution in [3.05, 3.63) is 106 Å². The van der Waals surface area contributed by atoms with Crippen molar-refractivity contribution in [2.75, 3.05) is 30.4 Å². The third kappa shape index (κ3) is 8.68. The van der Waals surface area contributed by atoms with E-state index >= 15 is 0 Å². The van der Waals surface area contributed by atoms with Crippen molar-refractivity contribution in [3.8, 4) is 0 Å². The lowest BCUT2D eigenvalue weighted by molar-refractivity contribution is -0.143. The molecule has 10 nitrogen and oxygen atoms in total. The molecule has 3 aromatic carbocycles. The number of aromatic amines is 1. The van der Waals surface area contributed by atoms with E-state index in [1.165, 1.54) is 0 Å². The maximum atomic E-state index is 12.9. The van der Waals surface area contributed by atoms with Crippen molar-refractivity contribution in [2.24, 2.45) is 0 Å². The number of benzene rings is 3. The molecule has 0 spiro atoms. The third-order valence-electron chi connectivity index (χ3n) is 7.00. The number of H-pyrrole nitrogens is 1. The Morgan fingerprint density at radius 2 is 1.67 bits per heavy atom. The fourth-order valence-electron chi connectivity index (χ4n) is 4.84. The zero-order valence-corrected chi connectivity index (χ0v) is 24.5. The topological polar surface area (TPSA) is 139 Å². The number of carbonyl (C=O) groups is 3. The van der Waals surface area contributed by atoms with Gasteiger partial charge in [0.1, 0.15) is 0 Å². The van der Waals surface area contributed by atoms with Crippen LogP contribution in [0, 0.1) is 13.8 Å². The van der Waals surface area contributed by atoms with E-state index in [1.54, 1.807) is 61.7 Å². The molecular formula is C33H36N4O6. The molecule has 1 heterocycles. The molecule has 43 heavy (non-hydrogen) atoms. The summed E-state index contributed by atoms with van der Waals surface area (Å²) in [4.78, 5) is 52.6. The number of aryl methyl sites for hydroxylation is 2. The summed E-state index contributed by atoms with van der Waals surface area (Å²) in [6.45, 7) is 6.10. The van der Waals surface area contributed by atoms with Crippen LogP contribution in [-0.2, 0) is 25.5 Å². The Hall–Kier alpha value is -5.12. The number of carbonyl (C=O) groups excluding carboxylic acids is 3. The van der Waals surface area contributed by atoms with E-state index in [1.807, 2.05) is 32.0 Å². The summed E-state index contributed by atoms with van der Waals surface area (Å²) >= 11 is 0. The highest BCUT2D eigenvalue weighted by atomic mass is 16.5. The van der Waals surface area contributed by atoms with Crippen LogP contribution in [0.2, 0.25) is 0 Å². The number of rotatable bonds is 12. The number of hydrogen-bond acceptors (Lipinski definition) is 7. The van der Waals surface area contributed by atoms with Crippen molar-refractivity contribution in [3.63, 3.8) is 0 Å². The van der Waals surface area contributed by atoms with Crippen LogP contribution in [0.1, 0.15) is 41.6 Å². The second-order valence-corrected chi connectivity index (χ2v) is 10.1. The van der Waals surface area contributed by atoms with Crippen molar-refractivity contribution in [1.29, 1.82) is 0 Å². The number of amides is 2. The minimum absolute atomic E-state index is 0.0970. The number of nitrogens with one attached hydrogen (secondary N) is 4. The number of ether oxygens (including phenoxy) is 2. The Morgan fingerprint density at radius 1 is 0.907 bits per heavy atom. The van der Waals surface area contributed by atoms with Gasteiger partial charge in [0, 0.05) is 29.4 Å². The quantitative estimate of drug-likeness (QED) is 0.169. The van der Waals surface area contributed by atoms with Crippen LogP contribution in [-0.4, -0.2) is 42.7 Å². The average molecular weight is 585 g/mol. The molecule has 0 fully saturated rings. The van der Waals surface area contributed by atoms with Crippen molar-refractivity contribution in [1.82, 2.24) is 10.3 Å². The van der Waals surface area contributed by atoms with Crippen LogP contribution in [0.3, 0.4) is 0 Å². The normalized spacial score (nSPS) is 11.4. The van der Waals surface area contributed by atoms with E-state index in [-0.39, 0.29) is 37.6 Å². The zero-order chi connectivity index (χ0) is 30.8. The number of pyridine rings is 1. The average Bonchev–Trinajstić information content (AvgIpc) is 2.98. The molecule has 224 valence electrons. The van der Waals surface area contributed by atoms with Crippen LogP contribution in [0.15, 0.2) is 77.7 Å². The van der Waals surface area contributed by atoms with Gasteiger partial charge in [0.25, 0.3) is 5.56 Å². The second kappa shape index (κ2) is 14.7. The maximum absolute atomic E-state index is 12.9. The smallest absolute Gasteiger partial charge is 0.411 e. The minimum atomic E-state index is -0.713. The number of esters is 1. The van der Waals surface area contributed by atoms with Crippen molar-refractivity contribution < 1.29 is 23.9 Å². The number of aromatic nitrogens is 1. The molecule has 0 bridgehead atoms. The highest BCUT2D eigenvalue weighted by Crippen LogP contribution is 2.22. The third-order valence-corrected chi connectivity index (χ3v) is 7.00. The highest BCUT2D eigenvalue weighted by molar-refractivity contribution is 5.87. The van der Waals surface area contributed by atoms with Gasteiger partial charge in [-0.15, -0.1) is 0 Å². The summed E-state index contributed by atoms with van der Waals surface area (Å²) in [5.41, 5.74) is 4.88. The Morgan fingerprint density at radius 3 is 2.44 bits per heavy atom. The first-order chi connectivity index (χ1) is 20.7. The SMILES string of the molecule is CCOC(=O)C[C@@H](NC(=O)CNc1ccc2cc[nH]c(=O)c2c1)c1cccc(NC(=O)OCCc2c(C)cccc2C)c1. The van der Waals surface area contributed by atoms with Gasteiger partial charge in [0.2, 0.25) is 5.91 Å². The van der Waals surface area contributed by atoms with E-state index in [9.17, 15) is 19.2 Å². The van der Waals surface area contributed by atoms with Gasteiger partial charge in [-0.05, 0) is 78.7 Å². The standard InChI is InChI=1S/C33H36N4O6/c1-4-42-31(39)19-29(37-30(38)20-35-25-12-11-23-13-15-34-32(40)28(23)18-25)24-9-6-10-26(17-24)36-33(41)43-16-14-27-21(2)7-5-8-22(27)3/h5-13,15,17-18,29,35H,4,14,16,19-20H2,1-3H3,(H,34,40)(H,36,41)(H,37,38)/t29-/m1/s1. The highest BCUT2D eigenvalue weighted by Gasteiger charge is 2.20. The Labute approximate surface area is 249 Å². The van der Waals surface area contributed by atoms with E-state index in [0.29, 0.717) is 28.7 Å². The lowest BCUT2D eigenvalue weighted by Crippen LogP contribution is -2.34. The van der Waals surface area contributed by atoms with E-state index in [2.05, 4.69) is 20.9 Å². The molecule has 4 N–H and O–H groups in total. The first-order valence-electron chi connectivity index (χ1n) is 14.1. The van der Waals surface area contributed by atoms with E-state index < -0.39 is 18.1 Å².